The van der Waals surface area contributed by atoms with Crippen LogP contribution in [0, 0.1) is 0 Å². The lowest BCUT2D eigenvalue weighted by Gasteiger charge is -2.25. The van der Waals surface area contributed by atoms with E-state index in [0.29, 0.717) is 18.3 Å². The quantitative estimate of drug-likeness (QED) is 0.781. The molecule has 0 radical (unpaired) electrons. The van der Waals surface area contributed by atoms with Gasteiger partial charge in [0, 0.05) is 26.4 Å². The van der Waals surface area contributed by atoms with Gasteiger partial charge in [0.1, 0.15) is 0 Å². The maximum Gasteiger partial charge on any atom is 0.233 e. The summed E-state index contributed by atoms with van der Waals surface area (Å²) in [7, 11) is 4.01. The summed E-state index contributed by atoms with van der Waals surface area (Å²) in [5.74, 6) is 1.24. The summed E-state index contributed by atoms with van der Waals surface area (Å²) in [5, 5.41) is 8.35. The van der Waals surface area contributed by atoms with Crippen LogP contribution in [0.25, 0.3) is 0 Å². The molecule has 0 aliphatic rings. The first-order valence-electron chi connectivity index (χ1n) is 7.32. The van der Waals surface area contributed by atoms with Gasteiger partial charge in [-0.15, -0.1) is 10.2 Å². The van der Waals surface area contributed by atoms with Crippen molar-refractivity contribution in [2.75, 3.05) is 30.5 Å². The zero-order valence-corrected chi connectivity index (χ0v) is 13.4. The van der Waals surface area contributed by atoms with E-state index in [9.17, 15) is 0 Å². The molecule has 0 fully saturated rings. The molecular formula is C17H22N4O. The number of anilines is 3. The topological polar surface area (TPSA) is 41.5 Å². The Labute approximate surface area is 131 Å². The highest BCUT2D eigenvalue weighted by Crippen LogP contribution is 2.32. The summed E-state index contributed by atoms with van der Waals surface area (Å²) >= 11 is 0. The molecule has 1 aromatic carbocycles. The predicted octanol–water partition coefficient (Wildman–Crippen LogP) is 3.61. The fraction of sp³-hybridized carbons (Fsp3) is 0.294. The monoisotopic (exact) mass is 298 g/mol. The molecule has 0 saturated carbocycles. The summed E-state index contributed by atoms with van der Waals surface area (Å²) < 4.78 is 5.47. The highest BCUT2D eigenvalue weighted by atomic mass is 16.5. The van der Waals surface area contributed by atoms with Gasteiger partial charge in [0.2, 0.25) is 5.88 Å². The first-order valence-corrected chi connectivity index (χ1v) is 7.32. The molecule has 116 valence electrons. The molecule has 1 aromatic heterocycles. The van der Waals surface area contributed by atoms with Gasteiger partial charge in [0.25, 0.3) is 0 Å². The maximum atomic E-state index is 5.47. The Morgan fingerprint density at radius 1 is 1.09 bits per heavy atom. The van der Waals surface area contributed by atoms with Gasteiger partial charge >= 0.3 is 0 Å². The fourth-order valence-corrected chi connectivity index (χ4v) is 2.09. The van der Waals surface area contributed by atoms with Crippen LogP contribution < -0.4 is 14.5 Å². The minimum absolute atomic E-state index is 0.538. The molecule has 0 bridgehead atoms. The Morgan fingerprint density at radius 3 is 2.36 bits per heavy atom. The molecule has 0 amide bonds. The van der Waals surface area contributed by atoms with E-state index >= 15 is 0 Å². The van der Waals surface area contributed by atoms with Crippen LogP contribution >= 0.6 is 0 Å². The Hall–Kier alpha value is -2.56. The van der Waals surface area contributed by atoms with Crippen LogP contribution in [0.2, 0.25) is 0 Å². The summed E-state index contributed by atoms with van der Waals surface area (Å²) in [6, 6.07) is 11.8. The Kier molecular flexibility index (Phi) is 5.36. The number of nitrogens with zero attached hydrogens (tertiary/aromatic N) is 4. The van der Waals surface area contributed by atoms with E-state index in [1.54, 1.807) is 6.20 Å². The van der Waals surface area contributed by atoms with Gasteiger partial charge in [-0.05, 0) is 24.6 Å². The molecule has 5 heteroatoms. The van der Waals surface area contributed by atoms with E-state index in [-0.39, 0.29) is 0 Å². The first kappa shape index (κ1) is 15.8. The van der Waals surface area contributed by atoms with Crippen molar-refractivity contribution in [3.05, 3.63) is 49.2 Å². The van der Waals surface area contributed by atoms with Crippen LogP contribution in [-0.4, -0.2) is 30.9 Å². The second-order valence-corrected chi connectivity index (χ2v) is 5.01. The van der Waals surface area contributed by atoms with Gasteiger partial charge in [-0.1, -0.05) is 25.6 Å². The second-order valence-electron chi connectivity index (χ2n) is 5.01. The van der Waals surface area contributed by atoms with Crippen molar-refractivity contribution in [3.8, 4) is 5.88 Å². The number of aromatic nitrogens is 2. The van der Waals surface area contributed by atoms with Crippen molar-refractivity contribution in [2.45, 2.75) is 13.3 Å². The lowest BCUT2D eigenvalue weighted by Crippen LogP contribution is -2.16. The van der Waals surface area contributed by atoms with Crippen LogP contribution in [0.15, 0.2) is 49.2 Å². The standard InChI is InChI=1S/C17H22N4O/c1-5-13-22-17-12-11-16(18-19-17)21(6-2)15-10-8-7-9-14(15)20(3)4/h6-12H,2,5,13H2,1,3-4H3. The molecule has 0 aliphatic carbocycles. The number of rotatable bonds is 7. The van der Waals surface area contributed by atoms with Crippen LogP contribution in [-0.2, 0) is 0 Å². The van der Waals surface area contributed by atoms with Crippen molar-refractivity contribution >= 4 is 17.2 Å². The second kappa shape index (κ2) is 7.45. The predicted molar refractivity (Wildman–Crippen MR) is 90.9 cm³/mol. The van der Waals surface area contributed by atoms with E-state index in [1.165, 1.54) is 0 Å². The zero-order chi connectivity index (χ0) is 15.9. The molecule has 0 spiro atoms. The molecule has 2 rings (SSSR count). The highest BCUT2D eigenvalue weighted by Gasteiger charge is 2.13. The first-order chi connectivity index (χ1) is 10.7. The minimum Gasteiger partial charge on any atom is -0.477 e. The summed E-state index contributed by atoms with van der Waals surface area (Å²) in [4.78, 5) is 3.96. The normalized spacial score (nSPS) is 10.1. The van der Waals surface area contributed by atoms with Crippen LogP contribution in [0.1, 0.15) is 13.3 Å². The van der Waals surface area contributed by atoms with Gasteiger partial charge in [0.05, 0.1) is 18.0 Å². The van der Waals surface area contributed by atoms with Gasteiger partial charge in [0.15, 0.2) is 5.82 Å². The smallest absolute Gasteiger partial charge is 0.233 e. The third-order valence-corrected chi connectivity index (χ3v) is 3.13. The Morgan fingerprint density at radius 2 is 1.82 bits per heavy atom. The molecular weight excluding hydrogens is 276 g/mol. The van der Waals surface area contributed by atoms with Gasteiger partial charge in [-0.3, -0.25) is 4.90 Å². The van der Waals surface area contributed by atoms with Crippen molar-refractivity contribution in [3.63, 3.8) is 0 Å². The number of ether oxygens (including phenoxy) is 1. The van der Waals surface area contributed by atoms with E-state index in [1.807, 2.05) is 49.3 Å². The third kappa shape index (κ3) is 3.55. The summed E-state index contributed by atoms with van der Waals surface area (Å²) in [6.45, 7) is 6.59. The van der Waals surface area contributed by atoms with E-state index in [0.717, 1.165) is 17.8 Å². The van der Waals surface area contributed by atoms with Crippen molar-refractivity contribution < 1.29 is 4.74 Å². The lowest BCUT2D eigenvalue weighted by atomic mass is 10.2. The molecule has 2 aromatic rings. The summed E-state index contributed by atoms with van der Waals surface area (Å²) in [5.41, 5.74) is 2.08. The largest absolute Gasteiger partial charge is 0.477 e. The summed E-state index contributed by atoms with van der Waals surface area (Å²) in [6.07, 6.45) is 2.68. The average molecular weight is 298 g/mol. The number of hydrogen-bond acceptors (Lipinski definition) is 5. The minimum atomic E-state index is 0.538. The third-order valence-electron chi connectivity index (χ3n) is 3.13. The number of benzene rings is 1. The highest BCUT2D eigenvalue weighted by molar-refractivity contribution is 5.77. The molecule has 1 heterocycles. The van der Waals surface area contributed by atoms with E-state index in [2.05, 4.69) is 34.7 Å². The van der Waals surface area contributed by atoms with Gasteiger partial charge in [-0.2, -0.15) is 0 Å². The Bertz CT molecular complexity index is 610. The van der Waals surface area contributed by atoms with Crippen molar-refractivity contribution in [1.82, 2.24) is 10.2 Å². The van der Waals surface area contributed by atoms with Crippen LogP contribution in [0.5, 0.6) is 5.88 Å². The lowest BCUT2D eigenvalue weighted by molar-refractivity contribution is 0.301. The van der Waals surface area contributed by atoms with Gasteiger partial charge in [-0.25, -0.2) is 0 Å². The maximum absolute atomic E-state index is 5.47. The van der Waals surface area contributed by atoms with Crippen molar-refractivity contribution in [2.24, 2.45) is 0 Å². The van der Waals surface area contributed by atoms with E-state index in [4.69, 9.17) is 4.74 Å². The Balaban J connectivity index is 2.30. The zero-order valence-electron chi connectivity index (χ0n) is 13.4. The average Bonchev–Trinajstić information content (AvgIpc) is 2.55. The fourth-order valence-electron chi connectivity index (χ4n) is 2.09. The molecule has 0 unspecified atom stereocenters. The SMILES string of the molecule is C=CN(c1ccc(OCCC)nn1)c1ccccc1N(C)C. The molecule has 22 heavy (non-hydrogen) atoms. The molecule has 0 saturated heterocycles. The molecule has 0 atom stereocenters. The molecule has 0 aliphatic heterocycles. The van der Waals surface area contributed by atoms with Gasteiger partial charge < -0.3 is 9.64 Å². The molecule has 0 N–H and O–H groups in total. The van der Waals surface area contributed by atoms with Crippen molar-refractivity contribution in [1.29, 1.82) is 0 Å². The van der Waals surface area contributed by atoms with E-state index < -0.39 is 0 Å². The van der Waals surface area contributed by atoms with Crippen LogP contribution in [0.4, 0.5) is 17.2 Å². The number of hydrogen-bond donors (Lipinski definition) is 0. The molecule has 5 nitrogen and oxygen atoms in total. The van der Waals surface area contributed by atoms with Crippen LogP contribution in [0.3, 0.4) is 0 Å². The number of para-hydroxylation sites is 2.